The molecule has 0 N–H and O–H groups in total. The maximum Gasteiger partial charge on any atom is 0.254 e. The van der Waals surface area contributed by atoms with Crippen LogP contribution in [0.5, 0.6) is 0 Å². The molecule has 2 unspecified atom stereocenters. The van der Waals surface area contributed by atoms with Crippen LogP contribution in [0, 0.1) is 12.8 Å². The number of nitrogens with zero attached hydrogens (tertiary/aromatic N) is 3. The second kappa shape index (κ2) is 8.21. The maximum atomic E-state index is 13.4. The monoisotopic (exact) mass is 385 g/mol. The highest BCUT2D eigenvalue weighted by molar-refractivity contribution is 5.86. The lowest BCUT2D eigenvalue weighted by Gasteiger charge is -2.40. The van der Waals surface area contributed by atoms with Crippen molar-refractivity contribution in [1.82, 2.24) is 14.7 Å². The van der Waals surface area contributed by atoms with Gasteiger partial charge in [0.1, 0.15) is 6.61 Å². The van der Waals surface area contributed by atoms with Crippen LogP contribution in [-0.2, 0) is 14.3 Å². The molecule has 2 heterocycles. The molecule has 0 spiro atoms. The Balaban J connectivity index is 1.49. The molecule has 4 rings (SSSR count). The third-order valence-corrected chi connectivity index (χ3v) is 6.26. The van der Waals surface area contributed by atoms with Crippen molar-refractivity contribution in [3.05, 3.63) is 35.4 Å². The smallest absolute Gasteiger partial charge is 0.254 e. The molecule has 2 amide bonds. The molecule has 1 aromatic rings. The van der Waals surface area contributed by atoms with E-state index in [1.165, 1.54) is 19.4 Å². The van der Waals surface area contributed by atoms with E-state index in [2.05, 4.69) is 4.90 Å². The van der Waals surface area contributed by atoms with Crippen molar-refractivity contribution in [2.24, 2.45) is 5.92 Å². The molecule has 2 saturated heterocycles. The van der Waals surface area contributed by atoms with Gasteiger partial charge >= 0.3 is 0 Å². The van der Waals surface area contributed by atoms with E-state index in [-0.39, 0.29) is 24.5 Å². The van der Waals surface area contributed by atoms with E-state index >= 15 is 0 Å². The van der Waals surface area contributed by atoms with Gasteiger partial charge in [-0.15, -0.1) is 0 Å². The Labute approximate surface area is 167 Å². The van der Waals surface area contributed by atoms with Crippen LogP contribution in [0.1, 0.15) is 36.4 Å². The number of ether oxygens (including phenoxy) is 1. The van der Waals surface area contributed by atoms with Crippen LogP contribution < -0.4 is 0 Å². The number of carbonyl (C=O) groups excluding carboxylic acids is 2. The maximum absolute atomic E-state index is 13.4. The van der Waals surface area contributed by atoms with Crippen LogP contribution >= 0.6 is 0 Å². The Morgan fingerprint density at radius 3 is 2.57 bits per heavy atom. The topological polar surface area (TPSA) is 53.1 Å². The van der Waals surface area contributed by atoms with Crippen molar-refractivity contribution in [2.75, 3.05) is 46.4 Å². The summed E-state index contributed by atoms with van der Waals surface area (Å²) in [5.41, 5.74) is 2.10. The predicted octanol–water partition coefficient (Wildman–Crippen LogP) is 1.84. The average Bonchev–Trinajstić information content (AvgIpc) is 3.52. The van der Waals surface area contributed by atoms with Gasteiger partial charge in [-0.25, -0.2) is 0 Å². The van der Waals surface area contributed by atoms with E-state index in [9.17, 15) is 9.59 Å². The van der Waals surface area contributed by atoms with E-state index in [0.29, 0.717) is 0 Å². The number of hydrogen-bond acceptors (Lipinski definition) is 4. The molecule has 0 radical (unpaired) electrons. The first kappa shape index (κ1) is 19.4. The van der Waals surface area contributed by atoms with Crippen molar-refractivity contribution < 1.29 is 14.3 Å². The number of carbonyl (C=O) groups is 2. The summed E-state index contributed by atoms with van der Waals surface area (Å²) in [6.07, 6.45) is 3.07. The van der Waals surface area contributed by atoms with E-state index in [0.717, 1.165) is 49.6 Å². The molecule has 6 nitrogen and oxygen atoms in total. The number of amides is 2. The minimum atomic E-state index is -0.639. The average molecular weight is 386 g/mol. The molecule has 1 aliphatic carbocycles. The number of aryl methyl sites for hydroxylation is 1. The van der Waals surface area contributed by atoms with Crippen LogP contribution in [0.3, 0.4) is 0 Å². The van der Waals surface area contributed by atoms with Gasteiger partial charge in [0.15, 0.2) is 6.10 Å². The number of benzene rings is 1. The quantitative estimate of drug-likeness (QED) is 0.794. The first-order valence-corrected chi connectivity index (χ1v) is 10.5. The molecule has 1 saturated carbocycles. The minimum absolute atomic E-state index is 0.0122. The van der Waals surface area contributed by atoms with E-state index < -0.39 is 6.10 Å². The summed E-state index contributed by atoms with van der Waals surface area (Å²) >= 11 is 0. The molecule has 3 fully saturated rings. The van der Waals surface area contributed by atoms with Crippen molar-refractivity contribution in [2.45, 2.75) is 38.3 Å². The number of morpholine rings is 1. The molecular formula is C22H31N3O3. The van der Waals surface area contributed by atoms with Crippen LogP contribution in [0.15, 0.2) is 24.3 Å². The third-order valence-electron chi connectivity index (χ3n) is 6.26. The van der Waals surface area contributed by atoms with Gasteiger partial charge in [-0.3, -0.25) is 9.59 Å². The molecule has 2 aliphatic heterocycles. The van der Waals surface area contributed by atoms with Gasteiger partial charge in [0.05, 0.1) is 6.04 Å². The fourth-order valence-corrected chi connectivity index (χ4v) is 4.30. The predicted molar refractivity (Wildman–Crippen MR) is 107 cm³/mol. The number of likely N-dealkylation sites (N-methyl/N-ethyl adjacent to an activating group) is 1. The molecular weight excluding hydrogens is 354 g/mol. The van der Waals surface area contributed by atoms with Crippen LogP contribution in [0.4, 0.5) is 0 Å². The van der Waals surface area contributed by atoms with Gasteiger partial charge in [-0.1, -0.05) is 29.8 Å². The van der Waals surface area contributed by atoms with Gasteiger partial charge in [0.2, 0.25) is 5.91 Å². The zero-order valence-electron chi connectivity index (χ0n) is 17.0. The van der Waals surface area contributed by atoms with Crippen molar-refractivity contribution in [3.8, 4) is 0 Å². The second-order valence-electron chi connectivity index (χ2n) is 8.51. The summed E-state index contributed by atoms with van der Waals surface area (Å²) < 4.78 is 5.82. The Bertz CT molecular complexity index is 716. The second-order valence-corrected chi connectivity index (χ2v) is 8.51. The van der Waals surface area contributed by atoms with E-state index in [4.69, 9.17) is 4.74 Å². The van der Waals surface area contributed by atoms with Crippen molar-refractivity contribution >= 4 is 11.8 Å². The Morgan fingerprint density at radius 1 is 1.11 bits per heavy atom. The Morgan fingerprint density at radius 2 is 1.86 bits per heavy atom. The largest absolute Gasteiger partial charge is 0.356 e. The zero-order chi connectivity index (χ0) is 19.7. The van der Waals surface area contributed by atoms with Gasteiger partial charge in [-0.05, 0) is 44.2 Å². The molecule has 0 aromatic heterocycles. The van der Waals surface area contributed by atoms with E-state index in [1.807, 2.05) is 36.1 Å². The number of hydrogen-bond donors (Lipinski definition) is 0. The van der Waals surface area contributed by atoms with Crippen molar-refractivity contribution in [1.29, 1.82) is 0 Å². The summed E-state index contributed by atoms with van der Waals surface area (Å²) in [6, 6.07) is 7.66. The lowest BCUT2D eigenvalue weighted by molar-refractivity contribution is -0.167. The fourth-order valence-electron chi connectivity index (χ4n) is 4.30. The SMILES string of the molecule is Cc1ccc(C2C(C(=O)N3CCCN(CC4CC4)CC3)OCC(=O)N2C)cc1. The first-order valence-electron chi connectivity index (χ1n) is 10.5. The molecule has 0 bridgehead atoms. The molecule has 1 aromatic carbocycles. The molecule has 3 aliphatic rings. The lowest BCUT2D eigenvalue weighted by atomic mass is 9.96. The van der Waals surface area contributed by atoms with Gasteiger partial charge in [-0.2, -0.15) is 0 Å². The fraction of sp³-hybridized carbons (Fsp3) is 0.636. The third kappa shape index (κ3) is 4.23. The van der Waals surface area contributed by atoms with Gasteiger partial charge in [0.25, 0.3) is 5.91 Å². The van der Waals surface area contributed by atoms with Crippen LogP contribution in [0.25, 0.3) is 0 Å². The Kier molecular flexibility index (Phi) is 5.69. The van der Waals surface area contributed by atoms with Gasteiger partial charge < -0.3 is 19.4 Å². The number of rotatable bonds is 4. The van der Waals surface area contributed by atoms with Crippen molar-refractivity contribution in [3.63, 3.8) is 0 Å². The normalized spacial score (nSPS) is 27.0. The van der Waals surface area contributed by atoms with Crippen LogP contribution in [-0.4, -0.2) is 79.0 Å². The Hall–Kier alpha value is -1.92. The molecule has 6 heteroatoms. The zero-order valence-corrected chi connectivity index (χ0v) is 17.0. The summed E-state index contributed by atoms with van der Waals surface area (Å²) in [4.78, 5) is 31.8. The highest BCUT2D eigenvalue weighted by atomic mass is 16.5. The van der Waals surface area contributed by atoms with E-state index in [1.54, 1.807) is 11.9 Å². The summed E-state index contributed by atoms with van der Waals surface area (Å²) in [6.45, 7) is 6.66. The lowest BCUT2D eigenvalue weighted by Crippen LogP contribution is -2.54. The van der Waals surface area contributed by atoms with Crippen LogP contribution in [0.2, 0.25) is 0 Å². The summed E-state index contributed by atoms with van der Waals surface area (Å²) in [5.74, 6) is 0.800. The summed E-state index contributed by atoms with van der Waals surface area (Å²) in [5, 5.41) is 0. The minimum Gasteiger partial charge on any atom is -0.356 e. The highest BCUT2D eigenvalue weighted by Crippen LogP contribution is 2.32. The molecule has 28 heavy (non-hydrogen) atoms. The van der Waals surface area contributed by atoms with Gasteiger partial charge in [0, 0.05) is 33.2 Å². The first-order chi connectivity index (χ1) is 13.5. The highest BCUT2D eigenvalue weighted by Gasteiger charge is 2.42. The summed E-state index contributed by atoms with van der Waals surface area (Å²) in [7, 11) is 1.77. The standard InChI is InChI=1S/C22H31N3O3/c1-16-4-8-18(9-5-16)20-21(28-15-19(26)23(20)2)22(27)25-11-3-10-24(12-13-25)14-17-6-7-17/h4-5,8-9,17,20-21H,3,6-7,10-15H2,1-2H3. The molecule has 2 atom stereocenters. The molecule has 152 valence electrons.